The maximum atomic E-state index is 9.78. The normalized spacial score (nSPS) is 9.12. The van der Waals surface area contributed by atoms with Gasteiger partial charge in [0.25, 0.3) is 0 Å². The highest BCUT2D eigenvalue weighted by molar-refractivity contribution is 5.66. The van der Waals surface area contributed by atoms with E-state index >= 15 is 0 Å². The topological polar surface area (TPSA) is 72.5 Å². The van der Waals surface area contributed by atoms with Crippen LogP contribution in [0.25, 0.3) is 0 Å². The van der Waals surface area contributed by atoms with Crippen LogP contribution in [-0.2, 0) is 9.63 Å². The van der Waals surface area contributed by atoms with Crippen molar-refractivity contribution in [3.63, 3.8) is 0 Å². The van der Waals surface area contributed by atoms with E-state index in [2.05, 4.69) is 10.7 Å². The SMILES string of the molecule is NOCCCC(=O)O. The minimum atomic E-state index is -0.818. The highest BCUT2D eigenvalue weighted by Gasteiger charge is 1.93. The summed E-state index contributed by atoms with van der Waals surface area (Å²) < 4.78 is 0. The summed E-state index contributed by atoms with van der Waals surface area (Å²) in [4.78, 5) is 13.9. The van der Waals surface area contributed by atoms with Gasteiger partial charge in [0.2, 0.25) is 0 Å². The number of carboxylic acids is 1. The van der Waals surface area contributed by atoms with Gasteiger partial charge < -0.3 is 9.94 Å². The standard InChI is InChI=1S/C4H9NO3/c5-8-3-1-2-4(6)7/h1-3,5H2,(H,6,7). The summed E-state index contributed by atoms with van der Waals surface area (Å²) >= 11 is 0. The molecule has 0 aromatic heterocycles. The van der Waals surface area contributed by atoms with Crippen molar-refractivity contribution < 1.29 is 14.7 Å². The molecule has 0 heterocycles. The lowest BCUT2D eigenvalue weighted by molar-refractivity contribution is -0.137. The maximum Gasteiger partial charge on any atom is 0.303 e. The Morgan fingerprint density at radius 3 is 2.75 bits per heavy atom. The average Bonchev–Trinajstić information content (AvgIpc) is 1.66. The summed E-state index contributed by atoms with van der Waals surface area (Å²) in [7, 11) is 0. The first-order valence-corrected chi connectivity index (χ1v) is 2.31. The van der Waals surface area contributed by atoms with Gasteiger partial charge in [-0.3, -0.25) is 4.79 Å². The molecular weight excluding hydrogens is 110 g/mol. The molecule has 0 aliphatic rings. The number of carboxylic acid groups (broad SMARTS) is 1. The first kappa shape index (κ1) is 7.39. The fourth-order valence-corrected chi connectivity index (χ4v) is 0.307. The van der Waals surface area contributed by atoms with Gasteiger partial charge in [0.1, 0.15) is 0 Å². The van der Waals surface area contributed by atoms with Crippen molar-refractivity contribution in [2.75, 3.05) is 6.61 Å². The first-order valence-electron chi connectivity index (χ1n) is 2.31. The van der Waals surface area contributed by atoms with Crippen LogP contribution in [0.1, 0.15) is 12.8 Å². The van der Waals surface area contributed by atoms with Crippen molar-refractivity contribution in [2.24, 2.45) is 5.90 Å². The molecule has 0 aromatic carbocycles. The number of hydrogen-bond acceptors (Lipinski definition) is 3. The predicted octanol–water partition coefficient (Wildman–Crippen LogP) is -0.259. The van der Waals surface area contributed by atoms with Crippen LogP contribution in [0, 0.1) is 0 Å². The molecule has 0 amide bonds. The lowest BCUT2D eigenvalue weighted by atomic mass is 10.3. The minimum Gasteiger partial charge on any atom is -0.481 e. The van der Waals surface area contributed by atoms with E-state index in [4.69, 9.17) is 5.11 Å². The van der Waals surface area contributed by atoms with Gasteiger partial charge >= 0.3 is 5.97 Å². The number of hydrogen-bond donors (Lipinski definition) is 2. The Bertz CT molecular complexity index is 73.7. The van der Waals surface area contributed by atoms with Crippen LogP contribution in [0.4, 0.5) is 0 Å². The summed E-state index contributed by atoms with van der Waals surface area (Å²) in [5, 5.41) is 8.04. The van der Waals surface area contributed by atoms with E-state index in [0.717, 1.165) is 0 Å². The molecule has 0 aromatic rings. The number of nitrogens with two attached hydrogens (primary N) is 1. The van der Waals surface area contributed by atoms with Crippen molar-refractivity contribution in [1.82, 2.24) is 0 Å². The van der Waals surface area contributed by atoms with E-state index in [9.17, 15) is 4.79 Å². The zero-order chi connectivity index (χ0) is 6.41. The summed E-state index contributed by atoms with van der Waals surface area (Å²) in [6.07, 6.45) is 0.600. The molecule has 0 fully saturated rings. The Hall–Kier alpha value is -0.610. The molecule has 0 saturated heterocycles. The molecule has 0 spiro atoms. The zero-order valence-electron chi connectivity index (χ0n) is 4.46. The van der Waals surface area contributed by atoms with Gasteiger partial charge in [0.05, 0.1) is 6.61 Å². The number of carbonyl (C=O) groups is 1. The van der Waals surface area contributed by atoms with Crippen molar-refractivity contribution in [2.45, 2.75) is 12.8 Å². The van der Waals surface area contributed by atoms with Crippen LogP contribution >= 0.6 is 0 Å². The van der Waals surface area contributed by atoms with E-state index in [0.29, 0.717) is 13.0 Å². The predicted molar refractivity (Wildman–Crippen MR) is 27.0 cm³/mol. The van der Waals surface area contributed by atoms with Crippen LogP contribution in [0.5, 0.6) is 0 Å². The van der Waals surface area contributed by atoms with Gasteiger partial charge in [-0.25, -0.2) is 5.90 Å². The molecule has 0 bridgehead atoms. The van der Waals surface area contributed by atoms with Gasteiger partial charge in [-0.15, -0.1) is 0 Å². The number of rotatable bonds is 4. The molecular formula is C4H9NO3. The molecule has 4 nitrogen and oxygen atoms in total. The lowest BCUT2D eigenvalue weighted by Crippen LogP contribution is -2.03. The minimum absolute atomic E-state index is 0.122. The third-order valence-corrected chi connectivity index (χ3v) is 0.653. The fourth-order valence-electron chi connectivity index (χ4n) is 0.307. The number of aliphatic carboxylic acids is 1. The van der Waals surface area contributed by atoms with E-state index < -0.39 is 5.97 Å². The molecule has 48 valence electrons. The molecule has 0 aliphatic carbocycles. The highest BCUT2D eigenvalue weighted by Crippen LogP contribution is 1.85. The molecule has 0 aliphatic heterocycles. The van der Waals surface area contributed by atoms with Crippen molar-refractivity contribution in [3.8, 4) is 0 Å². The van der Waals surface area contributed by atoms with Crippen molar-refractivity contribution in [1.29, 1.82) is 0 Å². The summed E-state index contributed by atoms with van der Waals surface area (Å²) in [6.45, 7) is 0.312. The summed E-state index contributed by atoms with van der Waals surface area (Å²) in [5.41, 5.74) is 0. The van der Waals surface area contributed by atoms with Crippen molar-refractivity contribution in [3.05, 3.63) is 0 Å². The fraction of sp³-hybridized carbons (Fsp3) is 0.750. The van der Waals surface area contributed by atoms with Crippen LogP contribution in [0.15, 0.2) is 0 Å². The summed E-state index contributed by atoms with van der Waals surface area (Å²) in [6, 6.07) is 0. The monoisotopic (exact) mass is 119 g/mol. The third-order valence-electron chi connectivity index (χ3n) is 0.653. The van der Waals surface area contributed by atoms with Crippen LogP contribution in [0.2, 0.25) is 0 Å². The maximum absolute atomic E-state index is 9.78. The van der Waals surface area contributed by atoms with E-state index in [1.165, 1.54) is 0 Å². The Labute approximate surface area is 47.2 Å². The lowest BCUT2D eigenvalue weighted by Gasteiger charge is -1.91. The second-order valence-corrected chi connectivity index (χ2v) is 1.37. The molecule has 0 rings (SSSR count). The van der Waals surface area contributed by atoms with Gasteiger partial charge in [0, 0.05) is 6.42 Å². The van der Waals surface area contributed by atoms with Gasteiger partial charge in [-0.2, -0.15) is 0 Å². The van der Waals surface area contributed by atoms with E-state index in [-0.39, 0.29) is 6.42 Å². The quantitative estimate of drug-likeness (QED) is 0.395. The molecule has 4 heteroatoms. The second kappa shape index (κ2) is 4.55. The van der Waals surface area contributed by atoms with Gasteiger partial charge in [0.15, 0.2) is 0 Å². The van der Waals surface area contributed by atoms with Crippen molar-refractivity contribution >= 4 is 5.97 Å². The largest absolute Gasteiger partial charge is 0.481 e. The Balaban J connectivity index is 2.82. The van der Waals surface area contributed by atoms with Gasteiger partial charge in [-0.05, 0) is 6.42 Å². The molecule has 3 N–H and O–H groups in total. The molecule has 0 atom stereocenters. The molecule has 8 heavy (non-hydrogen) atoms. The third kappa shape index (κ3) is 5.39. The van der Waals surface area contributed by atoms with Gasteiger partial charge in [-0.1, -0.05) is 0 Å². The summed E-state index contributed by atoms with van der Waals surface area (Å²) in [5.74, 6) is 3.80. The van der Waals surface area contributed by atoms with Crippen LogP contribution in [0.3, 0.4) is 0 Å². The first-order chi connectivity index (χ1) is 3.77. The molecule has 0 radical (unpaired) electrons. The Morgan fingerprint density at radius 1 is 1.75 bits per heavy atom. The highest BCUT2D eigenvalue weighted by atomic mass is 16.6. The molecule has 0 saturated carbocycles. The van der Waals surface area contributed by atoms with E-state index in [1.807, 2.05) is 0 Å². The Morgan fingerprint density at radius 2 is 2.38 bits per heavy atom. The second-order valence-electron chi connectivity index (χ2n) is 1.37. The zero-order valence-corrected chi connectivity index (χ0v) is 4.46. The average molecular weight is 119 g/mol. The van der Waals surface area contributed by atoms with Crippen LogP contribution < -0.4 is 5.90 Å². The Kier molecular flexibility index (Phi) is 4.20. The van der Waals surface area contributed by atoms with Crippen LogP contribution in [-0.4, -0.2) is 17.7 Å². The van der Waals surface area contributed by atoms with E-state index in [1.54, 1.807) is 0 Å². The molecule has 0 unspecified atom stereocenters. The smallest absolute Gasteiger partial charge is 0.303 e.